The Balaban J connectivity index is 4.23. The summed E-state index contributed by atoms with van der Waals surface area (Å²) < 4.78 is 10.4. The topological polar surface area (TPSA) is 47.7 Å². The molecule has 4 nitrogen and oxygen atoms in total. The van der Waals surface area contributed by atoms with Crippen molar-refractivity contribution in [1.82, 2.24) is 4.90 Å². The van der Waals surface area contributed by atoms with E-state index in [1.54, 1.807) is 14.2 Å². The standard InChI is InChI=1S/C14H32N2O2/c1-12(11-18-6)16(9-10-17-5)8-7-13(15)14(2,3)4/h12-13H,7-11,15H2,1-6H3. The van der Waals surface area contributed by atoms with Crippen molar-refractivity contribution in [2.75, 3.05) is 40.5 Å². The molecule has 0 aromatic rings. The van der Waals surface area contributed by atoms with Crippen molar-refractivity contribution in [2.24, 2.45) is 11.1 Å². The molecule has 18 heavy (non-hydrogen) atoms. The number of nitrogens with two attached hydrogens (primary N) is 1. The first kappa shape index (κ1) is 17.8. The first-order chi connectivity index (χ1) is 8.32. The van der Waals surface area contributed by atoms with Crippen LogP contribution in [0.1, 0.15) is 34.1 Å². The number of hydrogen-bond acceptors (Lipinski definition) is 4. The molecule has 110 valence electrons. The van der Waals surface area contributed by atoms with Gasteiger partial charge >= 0.3 is 0 Å². The molecule has 0 radical (unpaired) electrons. The van der Waals surface area contributed by atoms with E-state index in [1.807, 2.05) is 0 Å². The van der Waals surface area contributed by atoms with Crippen LogP contribution in [0.5, 0.6) is 0 Å². The monoisotopic (exact) mass is 260 g/mol. The molecule has 0 saturated heterocycles. The third kappa shape index (κ3) is 7.31. The summed E-state index contributed by atoms with van der Waals surface area (Å²) >= 11 is 0. The molecule has 0 aliphatic heterocycles. The highest BCUT2D eigenvalue weighted by atomic mass is 16.5. The van der Waals surface area contributed by atoms with Gasteiger partial charge in [0.2, 0.25) is 0 Å². The Hall–Kier alpha value is -0.160. The van der Waals surface area contributed by atoms with Crippen molar-refractivity contribution in [3.63, 3.8) is 0 Å². The van der Waals surface area contributed by atoms with Crippen LogP contribution < -0.4 is 5.73 Å². The van der Waals surface area contributed by atoms with Crippen LogP contribution in [0, 0.1) is 5.41 Å². The molecule has 2 atom stereocenters. The summed E-state index contributed by atoms with van der Waals surface area (Å²) in [5.41, 5.74) is 6.38. The Bertz CT molecular complexity index is 204. The van der Waals surface area contributed by atoms with Gasteiger partial charge in [-0.25, -0.2) is 0 Å². The van der Waals surface area contributed by atoms with Crippen molar-refractivity contribution in [3.05, 3.63) is 0 Å². The molecule has 0 fully saturated rings. The van der Waals surface area contributed by atoms with Gasteiger partial charge in [0.15, 0.2) is 0 Å². The summed E-state index contributed by atoms with van der Waals surface area (Å²) in [4.78, 5) is 2.39. The lowest BCUT2D eigenvalue weighted by molar-refractivity contribution is 0.0706. The van der Waals surface area contributed by atoms with Crippen molar-refractivity contribution in [1.29, 1.82) is 0 Å². The van der Waals surface area contributed by atoms with E-state index in [-0.39, 0.29) is 11.5 Å². The summed E-state index contributed by atoms with van der Waals surface area (Å²) in [5, 5.41) is 0. The van der Waals surface area contributed by atoms with Gasteiger partial charge in [0.25, 0.3) is 0 Å². The molecule has 0 aromatic heterocycles. The second-order valence-electron chi connectivity index (χ2n) is 6.09. The molecule has 0 spiro atoms. The number of methoxy groups -OCH3 is 2. The average molecular weight is 260 g/mol. The zero-order valence-electron chi connectivity index (χ0n) is 13.0. The largest absolute Gasteiger partial charge is 0.383 e. The minimum atomic E-state index is 0.164. The molecular weight excluding hydrogens is 228 g/mol. The van der Waals surface area contributed by atoms with Gasteiger partial charge in [0.05, 0.1) is 13.2 Å². The van der Waals surface area contributed by atoms with Gasteiger partial charge < -0.3 is 15.2 Å². The maximum atomic E-state index is 6.21. The van der Waals surface area contributed by atoms with Gasteiger partial charge in [0, 0.05) is 39.4 Å². The van der Waals surface area contributed by atoms with Gasteiger partial charge in [0.1, 0.15) is 0 Å². The van der Waals surface area contributed by atoms with Gasteiger partial charge in [-0.05, 0) is 18.8 Å². The van der Waals surface area contributed by atoms with Gasteiger partial charge in [-0.3, -0.25) is 4.90 Å². The molecule has 2 unspecified atom stereocenters. The lowest BCUT2D eigenvalue weighted by atomic mass is 9.85. The zero-order chi connectivity index (χ0) is 14.2. The number of rotatable bonds is 9. The summed E-state index contributed by atoms with van der Waals surface area (Å²) in [6.45, 7) is 12.2. The first-order valence-corrected chi connectivity index (χ1v) is 6.80. The minimum absolute atomic E-state index is 0.164. The van der Waals surface area contributed by atoms with Crippen LogP contribution in [0.4, 0.5) is 0 Å². The van der Waals surface area contributed by atoms with E-state index in [0.29, 0.717) is 6.04 Å². The van der Waals surface area contributed by atoms with Crippen molar-refractivity contribution in [2.45, 2.75) is 46.2 Å². The number of ether oxygens (including phenoxy) is 2. The van der Waals surface area contributed by atoms with E-state index >= 15 is 0 Å². The molecule has 0 aliphatic rings. The third-order valence-electron chi connectivity index (χ3n) is 3.45. The van der Waals surface area contributed by atoms with Crippen molar-refractivity contribution in [3.8, 4) is 0 Å². The van der Waals surface area contributed by atoms with Crippen LogP contribution in [0.2, 0.25) is 0 Å². The Morgan fingerprint density at radius 3 is 2.17 bits per heavy atom. The number of hydrogen-bond donors (Lipinski definition) is 1. The molecule has 0 rings (SSSR count). The molecular formula is C14H32N2O2. The number of nitrogens with zero attached hydrogens (tertiary/aromatic N) is 1. The third-order valence-corrected chi connectivity index (χ3v) is 3.45. The van der Waals surface area contributed by atoms with Crippen LogP contribution in [-0.2, 0) is 9.47 Å². The Kier molecular flexibility index (Phi) is 8.78. The average Bonchev–Trinajstić information content (AvgIpc) is 2.27. The molecule has 0 aromatic carbocycles. The molecule has 0 aliphatic carbocycles. The van der Waals surface area contributed by atoms with Crippen molar-refractivity contribution >= 4 is 0 Å². The summed E-state index contributed by atoms with van der Waals surface area (Å²) in [6, 6.07) is 0.620. The highest BCUT2D eigenvalue weighted by Crippen LogP contribution is 2.20. The Labute approximate surface area is 113 Å². The Morgan fingerprint density at radius 1 is 1.11 bits per heavy atom. The van der Waals surface area contributed by atoms with E-state index in [4.69, 9.17) is 15.2 Å². The molecule has 0 amide bonds. The molecule has 0 heterocycles. The second-order valence-corrected chi connectivity index (χ2v) is 6.09. The minimum Gasteiger partial charge on any atom is -0.383 e. The van der Waals surface area contributed by atoms with Crippen LogP contribution in [0.3, 0.4) is 0 Å². The molecule has 0 bridgehead atoms. The fourth-order valence-electron chi connectivity index (χ4n) is 1.85. The molecule has 4 heteroatoms. The normalized spacial score (nSPS) is 16.0. The first-order valence-electron chi connectivity index (χ1n) is 6.80. The maximum absolute atomic E-state index is 6.21. The van der Waals surface area contributed by atoms with Crippen LogP contribution >= 0.6 is 0 Å². The fraction of sp³-hybridized carbons (Fsp3) is 1.00. The fourth-order valence-corrected chi connectivity index (χ4v) is 1.85. The summed E-state index contributed by atoms with van der Waals surface area (Å²) in [5.74, 6) is 0. The molecule has 0 saturated carbocycles. The SMILES string of the molecule is COCCN(CCC(N)C(C)(C)C)C(C)COC. The predicted octanol–water partition coefficient (Wildman–Crippen LogP) is 1.73. The summed E-state index contributed by atoms with van der Waals surface area (Å²) in [6.07, 6.45) is 1.00. The van der Waals surface area contributed by atoms with Gasteiger partial charge in [-0.15, -0.1) is 0 Å². The highest BCUT2D eigenvalue weighted by Gasteiger charge is 2.22. The van der Waals surface area contributed by atoms with Gasteiger partial charge in [-0.2, -0.15) is 0 Å². The van der Waals surface area contributed by atoms with E-state index in [1.165, 1.54) is 0 Å². The van der Waals surface area contributed by atoms with Crippen LogP contribution in [0.15, 0.2) is 0 Å². The highest BCUT2D eigenvalue weighted by molar-refractivity contribution is 4.79. The van der Waals surface area contributed by atoms with Gasteiger partial charge in [-0.1, -0.05) is 20.8 Å². The maximum Gasteiger partial charge on any atom is 0.0615 e. The second kappa shape index (κ2) is 8.86. The zero-order valence-corrected chi connectivity index (χ0v) is 13.0. The van der Waals surface area contributed by atoms with Crippen LogP contribution in [0.25, 0.3) is 0 Å². The van der Waals surface area contributed by atoms with Crippen molar-refractivity contribution < 1.29 is 9.47 Å². The lowest BCUT2D eigenvalue weighted by Gasteiger charge is -2.32. The van der Waals surface area contributed by atoms with E-state index in [2.05, 4.69) is 32.6 Å². The van der Waals surface area contributed by atoms with E-state index < -0.39 is 0 Å². The molecule has 2 N–H and O–H groups in total. The Morgan fingerprint density at radius 2 is 1.72 bits per heavy atom. The smallest absolute Gasteiger partial charge is 0.0615 e. The quantitative estimate of drug-likeness (QED) is 0.686. The predicted molar refractivity (Wildman–Crippen MR) is 76.8 cm³/mol. The van der Waals surface area contributed by atoms with E-state index in [0.717, 1.165) is 32.7 Å². The lowest BCUT2D eigenvalue weighted by Crippen LogP contribution is -2.43. The van der Waals surface area contributed by atoms with E-state index in [9.17, 15) is 0 Å². The summed E-state index contributed by atoms with van der Waals surface area (Å²) in [7, 11) is 3.48. The van der Waals surface area contributed by atoms with Crippen LogP contribution in [-0.4, -0.2) is 57.5 Å².